The molecule has 0 aliphatic carbocycles. The molecule has 2 N–H and O–H groups in total. The van der Waals surface area contributed by atoms with Crippen molar-refractivity contribution in [3.63, 3.8) is 0 Å². The van der Waals surface area contributed by atoms with Gasteiger partial charge < -0.3 is 15.4 Å². The summed E-state index contributed by atoms with van der Waals surface area (Å²) in [5.41, 5.74) is 0.844. The van der Waals surface area contributed by atoms with Crippen LogP contribution in [0.2, 0.25) is 0 Å². The zero-order valence-corrected chi connectivity index (χ0v) is 10.7. The second-order valence-electron chi connectivity index (χ2n) is 4.23. The molecule has 1 aromatic carbocycles. The number of hydrogen-bond donors (Lipinski definition) is 2. The lowest BCUT2D eigenvalue weighted by molar-refractivity contribution is -0.154. The molecule has 1 saturated heterocycles. The summed E-state index contributed by atoms with van der Waals surface area (Å²) in [6.45, 7) is 5.64. The second-order valence-corrected chi connectivity index (χ2v) is 4.23. The van der Waals surface area contributed by atoms with Gasteiger partial charge in [0.2, 0.25) is 5.91 Å². The van der Waals surface area contributed by atoms with Gasteiger partial charge in [-0.05, 0) is 12.5 Å². The fourth-order valence-corrected chi connectivity index (χ4v) is 2.10. The molecule has 100 valence electrons. The van der Waals surface area contributed by atoms with Gasteiger partial charge in [-0.1, -0.05) is 36.9 Å². The molecule has 2 atom stereocenters. The summed E-state index contributed by atoms with van der Waals surface area (Å²) < 4.78 is 4.97. The summed E-state index contributed by atoms with van der Waals surface area (Å²) >= 11 is 0. The minimum Gasteiger partial charge on any atom is -0.465 e. The third kappa shape index (κ3) is 2.76. The molecule has 2 unspecified atom stereocenters. The summed E-state index contributed by atoms with van der Waals surface area (Å²) in [5, 5.41) is 5.55. The van der Waals surface area contributed by atoms with Crippen LogP contribution in [-0.2, 0) is 14.3 Å². The van der Waals surface area contributed by atoms with Crippen LogP contribution in [0.4, 0.5) is 0 Å². The number of benzene rings is 1. The van der Waals surface area contributed by atoms with Gasteiger partial charge >= 0.3 is 5.97 Å². The van der Waals surface area contributed by atoms with Crippen LogP contribution in [0.25, 0.3) is 0 Å². The van der Waals surface area contributed by atoms with E-state index in [9.17, 15) is 9.59 Å². The second kappa shape index (κ2) is 5.56. The maximum atomic E-state index is 12.0. The van der Waals surface area contributed by atoms with Crippen molar-refractivity contribution in [2.24, 2.45) is 5.92 Å². The van der Waals surface area contributed by atoms with Crippen LogP contribution in [0.3, 0.4) is 0 Å². The fourth-order valence-electron chi connectivity index (χ4n) is 2.10. The number of carbonyl (C=O) groups excluding carboxylic acids is 2. The van der Waals surface area contributed by atoms with Gasteiger partial charge in [0.15, 0.2) is 5.92 Å². The van der Waals surface area contributed by atoms with Gasteiger partial charge in [0.1, 0.15) is 0 Å². The van der Waals surface area contributed by atoms with E-state index in [1.807, 2.05) is 30.3 Å². The Morgan fingerprint density at radius 2 is 2.05 bits per heavy atom. The third-order valence-corrected chi connectivity index (χ3v) is 2.92. The highest BCUT2D eigenvalue weighted by Crippen LogP contribution is 2.27. The van der Waals surface area contributed by atoms with Gasteiger partial charge in [-0.2, -0.15) is 0 Å². The van der Waals surface area contributed by atoms with E-state index in [0.717, 1.165) is 5.56 Å². The number of ether oxygens (including phenoxy) is 1. The average Bonchev–Trinajstić information content (AvgIpc) is 2.39. The molecule has 0 aromatic heterocycles. The highest BCUT2D eigenvalue weighted by Gasteiger charge is 2.40. The molecule has 19 heavy (non-hydrogen) atoms. The minimum atomic E-state index is -0.909. The van der Waals surface area contributed by atoms with E-state index >= 15 is 0 Å². The summed E-state index contributed by atoms with van der Waals surface area (Å²) in [5.74, 6) is -1.45. The highest BCUT2D eigenvalue weighted by molar-refractivity contribution is 6.00. The largest absolute Gasteiger partial charge is 0.465 e. The zero-order chi connectivity index (χ0) is 13.8. The number of hydrogen-bond acceptors (Lipinski definition) is 4. The highest BCUT2D eigenvalue weighted by atomic mass is 16.5. The molecule has 2 rings (SSSR count). The molecule has 1 fully saturated rings. The van der Waals surface area contributed by atoms with Gasteiger partial charge in [0.05, 0.1) is 18.5 Å². The first-order valence-electron chi connectivity index (χ1n) is 6.11. The van der Waals surface area contributed by atoms with Crippen LogP contribution in [-0.4, -0.2) is 18.5 Å². The molecule has 1 amide bonds. The van der Waals surface area contributed by atoms with Crippen LogP contribution in [0, 0.1) is 5.92 Å². The molecule has 0 radical (unpaired) electrons. The smallest absolute Gasteiger partial charge is 0.320 e. The summed E-state index contributed by atoms with van der Waals surface area (Å²) in [6.07, 6.45) is 0. The molecule has 1 heterocycles. The van der Waals surface area contributed by atoms with Crippen molar-refractivity contribution in [3.05, 3.63) is 48.3 Å². The van der Waals surface area contributed by atoms with Crippen molar-refractivity contribution in [1.82, 2.24) is 10.6 Å². The topological polar surface area (TPSA) is 67.4 Å². The SMILES string of the molecule is C=C1NC(=O)C(C(=O)OCC)C(c2ccccc2)N1. The predicted molar refractivity (Wildman–Crippen MR) is 69.7 cm³/mol. The molecular weight excluding hydrogens is 244 g/mol. The third-order valence-electron chi connectivity index (χ3n) is 2.92. The Hall–Kier alpha value is -2.30. The Bertz CT molecular complexity index is 499. The number of rotatable bonds is 3. The van der Waals surface area contributed by atoms with Gasteiger partial charge in [0.25, 0.3) is 0 Å². The molecule has 1 aromatic rings. The lowest BCUT2D eigenvalue weighted by Crippen LogP contribution is -2.51. The molecule has 0 spiro atoms. The Morgan fingerprint density at radius 3 is 2.68 bits per heavy atom. The van der Waals surface area contributed by atoms with Crippen LogP contribution in [0.15, 0.2) is 42.7 Å². The Kier molecular flexibility index (Phi) is 3.85. The number of esters is 1. The Labute approximate surface area is 111 Å². The molecule has 0 bridgehead atoms. The number of carbonyl (C=O) groups is 2. The normalized spacial score (nSPS) is 22.4. The first-order valence-corrected chi connectivity index (χ1v) is 6.11. The van der Waals surface area contributed by atoms with Gasteiger partial charge in [0, 0.05) is 0 Å². The van der Waals surface area contributed by atoms with Crippen molar-refractivity contribution >= 4 is 11.9 Å². The van der Waals surface area contributed by atoms with Crippen LogP contribution >= 0.6 is 0 Å². The monoisotopic (exact) mass is 260 g/mol. The summed E-state index contributed by atoms with van der Waals surface area (Å²) in [7, 11) is 0. The van der Waals surface area contributed by atoms with Crippen molar-refractivity contribution in [1.29, 1.82) is 0 Å². The van der Waals surface area contributed by atoms with Gasteiger partial charge in [-0.3, -0.25) is 9.59 Å². The first kappa shape index (κ1) is 13.1. The van der Waals surface area contributed by atoms with Crippen molar-refractivity contribution in [2.75, 3.05) is 6.61 Å². The number of nitrogens with one attached hydrogen (secondary N) is 2. The number of amides is 1. The first-order chi connectivity index (χ1) is 9.13. The maximum absolute atomic E-state index is 12.0. The Balaban J connectivity index is 2.32. The fraction of sp³-hybridized carbons (Fsp3) is 0.286. The van der Waals surface area contributed by atoms with E-state index in [4.69, 9.17) is 4.74 Å². The predicted octanol–water partition coefficient (Wildman–Crippen LogP) is 1.10. The summed E-state index contributed by atoms with van der Waals surface area (Å²) in [6, 6.07) is 8.84. The van der Waals surface area contributed by atoms with E-state index < -0.39 is 23.8 Å². The summed E-state index contributed by atoms with van der Waals surface area (Å²) in [4.78, 5) is 23.9. The minimum absolute atomic E-state index is 0.241. The quantitative estimate of drug-likeness (QED) is 0.631. The van der Waals surface area contributed by atoms with Gasteiger partial charge in [-0.25, -0.2) is 0 Å². The molecule has 5 nitrogen and oxygen atoms in total. The maximum Gasteiger partial charge on any atom is 0.320 e. The lowest BCUT2D eigenvalue weighted by atomic mass is 9.90. The van der Waals surface area contributed by atoms with Crippen LogP contribution < -0.4 is 10.6 Å². The molecular formula is C14H16N2O3. The van der Waals surface area contributed by atoms with E-state index in [1.165, 1.54) is 0 Å². The Morgan fingerprint density at radius 1 is 1.37 bits per heavy atom. The van der Waals surface area contributed by atoms with E-state index in [1.54, 1.807) is 6.92 Å². The molecule has 0 saturated carbocycles. The van der Waals surface area contributed by atoms with E-state index in [0.29, 0.717) is 5.82 Å². The van der Waals surface area contributed by atoms with E-state index in [-0.39, 0.29) is 6.61 Å². The molecule has 1 aliphatic heterocycles. The van der Waals surface area contributed by atoms with Gasteiger partial charge in [-0.15, -0.1) is 0 Å². The molecule has 5 heteroatoms. The van der Waals surface area contributed by atoms with Crippen LogP contribution in [0.5, 0.6) is 0 Å². The van der Waals surface area contributed by atoms with E-state index in [2.05, 4.69) is 17.2 Å². The van der Waals surface area contributed by atoms with Crippen molar-refractivity contribution in [3.8, 4) is 0 Å². The zero-order valence-electron chi connectivity index (χ0n) is 10.7. The average molecular weight is 260 g/mol. The molecule has 1 aliphatic rings. The van der Waals surface area contributed by atoms with Crippen LogP contribution in [0.1, 0.15) is 18.5 Å². The lowest BCUT2D eigenvalue weighted by Gasteiger charge is -2.32. The van der Waals surface area contributed by atoms with Crippen molar-refractivity contribution < 1.29 is 14.3 Å². The standard InChI is InChI=1S/C14H16N2O3/c1-3-19-14(18)11-12(10-7-5-4-6-8-10)15-9(2)16-13(11)17/h4-8,11-12,15H,2-3H2,1H3,(H,16,17). The van der Waals surface area contributed by atoms with Crippen molar-refractivity contribution in [2.45, 2.75) is 13.0 Å².